The summed E-state index contributed by atoms with van der Waals surface area (Å²) in [5.74, 6) is 39.3. The summed E-state index contributed by atoms with van der Waals surface area (Å²) in [5, 5.41) is 0. The fourth-order valence-electron chi connectivity index (χ4n) is 2.25. The van der Waals surface area contributed by atoms with Gasteiger partial charge in [0.1, 0.15) is 11.5 Å². The standard InChI is InChI=1S/C32H14O4/c1-3-4-5-6-7-8-9-10-11-12-13-14-15-16-17-18-32(34)36-31-25-21-29(22-26-31)28-19-23-30(24-20-28)35-27(2)33/h19-26H,1-2H3. The molecule has 0 unspecified atom stereocenters. The van der Waals surface area contributed by atoms with Crippen LogP contribution < -0.4 is 9.47 Å². The Hall–Kier alpha value is -6.14. The molecule has 2 rings (SSSR count). The molecule has 0 aromatic heterocycles. The highest BCUT2D eigenvalue weighted by atomic mass is 16.5. The minimum absolute atomic E-state index is 0.338. The van der Waals surface area contributed by atoms with Gasteiger partial charge in [-0.15, -0.1) is 0 Å². The first-order valence-corrected chi connectivity index (χ1v) is 10.1. The number of esters is 2. The topological polar surface area (TPSA) is 52.6 Å². The van der Waals surface area contributed by atoms with E-state index >= 15 is 0 Å². The number of hydrogen-bond donors (Lipinski definition) is 0. The smallest absolute Gasteiger partial charge is 0.390 e. The summed E-state index contributed by atoms with van der Waals surface area (Å²) in [6.07, 6.45) is 0. The Morgan fingerprint density at radius 3 is 1.28 bits per heavy atom. The maximum Gasteiger partial charge on any atom is 0.390 e. The molecule has 0 N–H and O–H groups in total. The van der Waals surface area contributed by atoms with E-state index in [-0.39, 0.29) is 5.97 Å². The molecule has 0 atom stereocenters. The molecule has 0 aliphatic rings. The van der Waals surface area contributed by atoms with Gasteiger partial charge in [0.2, 0.25) is 0 Å². The predicted molar refractivity (Wildman–Crippen MR) is 137 cm³/mol. The van der Waals surface area contributed by atoms with Crippen molar-refractivity contribution in [3.63, 3.8) is 0 Å². The van der Waals surface area contributed by atoms with Gasteiger partial charge in [-0.25, -0.2) is 4.79 Å². The molecule has 0 amide bonds. The molecule has 4 nitrogen and oxygen atoms in total. The van der Waals surface area contributed by atoms with Crippen molar-refractivity contribution in [2.24, 2.45) is 0 Å². The van der Waals surface area contributed by atoms with Gasteiger partial charge in [0.25, 0.3) is 0 Å². The normalized spacial score (nSPS) is 7.28. The van der Waals surface area contributed by atoms with Gasteiger partial charge < -0.3 is 9.47 Å². The minimum Gasteiger partial charge on any atom is -0.427 e. The largest absolute Gasteiger partial charge is 0.427 e. The molecule has 0 saturated heterocycles. The van der Waals surface area contributed by atoms with Gasteiger partial charge in [-0.3, -0.25) is 4.79 Å². The number of carbonyl (C=O) groups is 2. The summed E-state index contributed by atoms with van der Waals surface area (Å²) in [6.45, 7) is 3.03. The third-order valence-corrected chi connectivity index (χ3v) is 3.62. The van der Waals surface area contributed by atoms with Crippen LogP contribution in [0.3, 0.4) is 0 Å². The Morgan fingerprint density at radius 1 is 0.528 bits per heavy atom. The van der Waals surface area contributed by atoms with Crippen LogP contribution in [0.25, 0.3) is 11.1 Å². The summed E-state index contributed by atoms with van der Waals surface area (Å²) in [4.78, 5) is 22.8. The Morgan fingerprint density at radius 2 is 0.889 bits per heavy atom. The van der Waals surface area contributed by atoms with E-state index in [2.05, 4.69) is 94.7 Å². The van der Waals surface area contributed by atoms with E-state index in [1.807, 2.05) is 12.1 Å². The van der Waals surface area contributed by atoms with Gasteiger partial charge in [-0.2, -0.15) is 0 Å². The summed E-state index contributed by atoms with van der Waals surface area (Å²) < 4.78 is 10.2. The van der Waals surface area contributed by atoms with Crippen LogP contribution in [0.15, 0.2) is 48.5 Å². The van der Waals surface area contributed by atoms with Crippen LogP contribution >= 0.6 is 0 Å². The highest BCUT2D eigenvalue weighted by Gasteiger charge is 2.03. The second kappa shape index (κ2) is 15.6. The lowest BCUT2D eigenvalue weighted by Crippen LogP contribution is -2.04. The lowest BCUT2D eigenvalue weighted by molar-refractivity contribution is -0.132. The van der Waals surface area contributed by atoms with Crippen molar-refractivity contribution in [2.75, 3.05) is 0 Å². The van der Waals surface area contributed by atoms with Gasteiger partial charge >= 0.3 is 11.9 Å². The summed E-state index contributed by atoms with van der Waals surface area (Å²) >= 11 is 0. The van der Waals surface area contributed by atoms with E-state index in [0.29, 0.717) is 11.5 Å². The first kappa shape index (κ1) is 26.1. The molecule has 2 aromatic carbocycles. The summed E-state index contributed by atoms with van der Waals surface area (Å²) in [7, 11) is 0. The molecule has 0 heterocycles. The number of carbonyl (C=O) groups excluding carboxylic acids is 2. The highest BCUT2D eigenvalue weighted by molar-refractivity contribution is 5.90. The van der Waals surface area contributed by atoms with Crippen LogP contribution in [0.5, 0.6) is 11.5 Å². The fraction of sp³-hybridized carbons (Fsp3) is 0.0625. The first-order chi connectivity index (χ1) is 17.6. The van der Waals surface area contributed by atoms with Crippen molar-refractivity contribution in [1.82, 2.24) is 0 Å². The van der Waals surface area contributed by atoms with Gasteiger partial charge in [-0.05, 0) is 125 Å². The maximum absolute atomic E-state index is 11.8. The molecule has 0 bridgehead atoms. The lowest BCUT2D eigenvalue weighted by atomic mass is 10.1. The molecule has 2 aromatic rings. The molecule has 0 spiro atoms. The third kappa shape index (κ3) is 10.9. The van der Waals surface area contributed by atoms with Crippen LogP contribution in [-0.4, -0.2) is 11.9 Å². The van der Waals surface area contributed by atoms with Gasteiger partial charge in [0.15, 0.2) is 0 Å². The zero-order chi connectivity index (χ0) is 25.8. The number of hydrogen-bond acceptors (Lipinski definition) is 4. The van der Waals surface area contributed by atoms with E-state index in [4.69, 9.17) is 9.47 Å². The maximum atomic E-state index is 11.8. The zero-order valence-electron chi connectivity index (χ0n) is 19.3. The predicted octanol–water partition coefficient (Wildman–Crippen LogP) is 3.23. The highest BCUT2D eigenvalue weighted by Crippen LogP contribution is 2.24. The number of rotatable bonds is 3. The SMILES string of the molecule is CC#CC#CC#CC#CC#CC#CC#CC#CC(=O)Oc1ccc(-c2ccc(OC(C)=O)cc2)cc1. The molecular weight excluding hydrogens is 448 g/mol. The fourth-order valence-corrected chi connectivity index (χ4v) is 2.25. The van der Waals surface area contributed by atoms with Gasteiger partial charge in [0.05, 0.1) is 0 Å². The number of ether oxygens (including phenoxy) is 2. The number of benzene rings is 2. The lowest BCUT2D eigenvalue weighted by Gasteiger charge is -2.05. The average Bonchev–Trinajstić information content (AvgIpc) is 2.87. The molecule has 0 aliphatic heterocycles. The van der Waals surface area contributed by atoms with Gasteiger partial charge in [0, 0.05) is 12.8 Å². The molecule has 4 heteroatoms. The Balaban J connectivity index is 1.84. The zero-order valence-corrected chi connectivity index (χ0v) is 19.3. The molecule has 0 fully saturated rings. The van der Waals surface area contributed by atoms with Crippen LogP contribution in [0.2, 0.25) is 0 Å². The average molecular weight is 462 g/mol. The third-order valence-electron chi connectivity index (χ3n) is 3.62. The molecule has 0 saturated carbocycles. The van der Waals surface area contributed by atoms with Crippen molar-refractivity contribution >= 4 is 11.9 Å². The van der Waals surface area contributed by atoms with E-state index in [1.165, 1.54) is 6.92 Å². The summed E-state index contributed by atoms with van der Waals surface area (Å²) in [5.41, 5.74) is 1.81. The van der Waals surface area contributed by atoms with Crippen LogP contribution in [0, 0.1) is 94.7 Å². The van der Waals surface area contributed by atoms with Gasteiger partial charge in [-0.1, -0.05) is 30.2 Å². The minimum atomic E-state index is -0.752. The second-order valence-electron chi connectivity index (χ2n) is 6.16. The summed E-state index contributed by atoms with van der Waals surface area (Å²) in [6, 6.07) is 13.9. The second-order valence-corrected chi connectivity index (χ2v) is 6.16. The molecule has 0 aliphatic carbocycles. The first-order valence-electron chi connectivity index (χ1n) is 10.1. The Kier molecular flexibility index (Phi) is 11.3. The Labute approximate surface area is 210 Å². The van der Waals surface area contributed by atoms with Crippen LogP contribution in [0.1, 0.15) is 13.8 Å². The molecular formula is C32H14O4. The Bertz CT molecular complexity index is 1650. The molecule has 166 valence electrons. The van der Waals surface area contributed by atoms with Crippen molar-refractivity contribution in [2.45, 2.75) is 13.8 Å². The van der Waals surface area contributed by atoms with Crippen LogP contribution in [0.4, 0.5) is 0 Å². The quantitative estimate of drug-likeness (QED) is 0.304. The van der Waals surface area contributed by atoms with Crippen molar-refractivity contribution < 1.29 is 19.1 Å². The van der Waals surface area contributed by atoms with E-state index in [9.17, 15) is 9.59 Å². The molecule has 0 radical (unpaired) electrons. The van der Waals surface area contributed by atoms with Crippen molar-refractivity contribution in [3.8, 4) is 117 Å². The van der Waals surface area contributed by atoms with Crippen molar-refractivity contribution in [3.05, 3.63) is 48.5 Å². The van der Waals surface area contributed by atoms with E-state index < -0.39 is 5.97 Å². The monoisotopic (exact) mass is 462 g/mol. The van der Waals surface area contributed by atoms with E-state index in [1.54, 1.807) is 43.3 Å². The van der Waals surface area contributed by atoms with Crippen molar-refractivity contribution in [1.29, 1.82) is 0 Å². The van der Waals surface area contributed by atoms with E-state index in [0.717, 1.165) is 11.1 Å². The van der Waals surface area contributed by atoms with Crippen LogP contribution in [-0.2, 0) is 9.59 Å². The molecule has 36 heavy (non-hydrogen) atoms.